The quantitative estimate of drug-likeness (QED) is 0.0846. The number of pyridine rings is 1. The van der Waals surface area contributed by atoms with E-state index in [2.05, 4.69) is 50.5 Å². The minimum absolute atomic E-state index is 0.0522. The highest BCUT2D eigenvalue weighted by Crippen LogP contribution is 2.35. The maximum atomic E-state index is 13.5. The topological polar surface area (TPSA) is 182 Å². The van der Waals surface area contributed by atoms with Gasteiger partial charge in [0.2, 0.25) is 11.8 Å². The Labute approximate surface area is 362 Å². The molecule has 2 aliphatic rings. The molecule has 1 fully saturated rings. The number of hydrogen-bond acceptors (Lipinski definition) is 11. The van der Waals surface area contributed by atoms with Gasteiger partial charge in [0.15, 0.2) is 0 Å². The highest BCUT2D eigenvalue weighted by atomic mass is 16.6. The second kappa shape index (κ2) is 16.5. The summed E-state index contributed by atoms with van der Waals surface area (Å²) in [5.41, 5.74) is 7.80. The highest BCUT2D eigenvalue weighted by molar-refractivity contribution is 6.25. The molecule has 0 spiro atoms. The van der Waals surface area contributed by atoms with Crippen LogP contribution in [0.3, 0.4) is 0 Å². The zero-order valence-electron chi connectivity index (χ0n) is 34.8. The Hall–Kier alpha value is -7.94. The molecule has 15 heteroatoms. The number of rotatable bonds is 12. The number of nitrogens with one attached hydrogen (secondary N) is 3. The summed E-state index contributed by atoms with van der Waals surface area (Å²) in [7, 11) is 0. The van der Waals surface area contributed by atoms with Crippen LogP contribution in [-0.4, -0.2) is 77.1 Å². The second-order valence-electron chi connectivity index (χ2n) is 16.5. The molecule has 4 amide bonds. The summed E-state index contributed by atoms with van der Waals surface area (Å²) in [5.74, 6) is -1.82. The van der Waals surface area contributed by atoms with Crippen molar-refractivity contribution in [3.05, 3.63) is 150 Å². The van der Waals surface area contributed by atoms with Crippen LogP contribution in [0.1, 0.15) is 75.9 Å². The summed E-state index contributed by atoms with van der Waals surface area (Å²) in [6.45, 7) is 6.40. The number of esters is 1. The van der Waals surface area contributed by atoms with Gasteiger partial charge in [-0.25, -0.2) is 14.5 Å². The molecule has 7 aromatic rings. The number of anilines is 3. The van der Waals surface area contributed by atoms with Crippen LogP contribution in [0.25, 0.3) is 28.0 Å². The fraction of sp³-hybridized carbons (Fsp3) is 0.208. The number of carbonyl (C=O) groups excluding carboxylic acids is 5. The molecule has 0 aliphatic carbocycles. The molecule has 9 rings (SSSR count). The average Bonchev–Trinajstić information content (AvgIpc) is 3.94. The van der Waals surface area contributed by atoms with Gasteiger partial charge in [0.25, 0.3) is 11.8 Å². The molecule has 316 valence electrons. The van der Waals surface area contributed by atoms with Gasteiger partial charge in [-0.1, -0.05) is 65.9 Å². The van der Waals surface area contributed by atoms with Crippen molar-refractivity contribution in [2.45, 2.75) is 58.2 Å². The zero-order valence-corrected chi connectivity index (χ0v) is 34.8. The fourth-order valence-corrected chi connectivity index (χ4v) is 7.81. The Morgan fingerprint density at radius 1 is 0.857 bits per heavy atom. The maximum absolute atomic E-state index is 13.5. The Morgan fingerprint density at radius 3 is 2.38 bits per heavy atom. The van der Waals surface area contributed by atoms with E-state index >= 15 is 0 Å². The number of nitrogens with zero attached hydrogens (tertiary/aromatic N) is 6. The van der Waals surface area contributed by atoms with E-state index in [1.165, 1.54) is 0 Å². The van der Waals surface area contributed by atoms with Crippen LogP contribution in [0.15, 0.2) is 122 Å². The van der Waals surface area contributed by atoms with E-state index in [1.807, 2.05) is 92.2 Å². The number of imide groups is 2. The van der Waals surface area contributed by atoms with E-state index < -0.39 is 35.3 Å². The van der Waals surface area contributed by atoms with Crippen LogP contribution in [0.5, 0.6) is 0 Å². The van der Waals surface area contributed by atoms with E-state index in [0.717, 1.165) is 55.7 Å². The van der Waals surface area contributed by atoms with Crippen molar-refractivity contribution in [3.8, 4) is 22.4 Å². The van der Waals surface area contributed by atoms with E-state index in [1.54, 1.807) is 35.0 Å². The van der Waals surface area contributed by atoms with Crippen LogP contribution < -0.4 is 16.0 Å². The molecule has 3 N–H and O–H groups in total. The molecular formula is C48H43N9O6. The normalized spacial score (nSPS) is 15.1. The number of carbonyl (C=O) groups is 5. The molecule has 1 saturated heterocycles. The molecule has 0 saturated carbocycles. The first-order valence-electron chi connectivity index (χ1n) is 20.6. The molecule has 5 heterocycles. The summed E-state index contributed by atoms with van der Waals surface area (Å²) in [6.07, 6.45) is 4.50. The second-order valence-corrected chi connectivity index (χ2v) is 16.5. The Kier molecular flexibility index (Phi) is 10.6. The van der Waals surface area contributed by atoms with Crippen molar-refractivity contribution < 1.29 is 28.7 Å². The first-order valence-corrected chi connectivity index (χ1v) is 20.6. The third kappa shape index (κ3) is 8.40. The number of hydrogen-bond donors (Lipinski definition) is 3. The third-order valence-electron chi connectivity index (χ3n) is 10.8. The number of benzene rings is 4. The Bertz CT molecular complexity index is 2920. The molecule has 15 nitrogen and oxygen atoms in total. The lowest BCUT2D eigenvalue weighted by Crippen LogP contribution is -2.54. The van der Waals surface area contributed by atoms with Gasteiger partial charge < -0.3 is 15.4 Å². The van der Waals surface area contributed by atoms with Crippen molar-refractivity contribution in [1.82, 2.24) is 34.6 Å². The average molecular weight is 842 g/mol. The van der Waals surface area contributed by atoms with Gasteiger partial charge in [-0.05, 0) is 92.4 Å². The smallest absolute Gasteiger partial charge is 0.338 e. The number of imidazole rings is 1. The van der Waals surface area contributed by atoms with Crippen molar-refractivity contribution in [3.63, 3.8) is 0 Å². The van der Waals surface area contributed by atoms with E-state index in [9.17, 15) is 24.0 Å². The van der Waals surface area contributed by atoms with Crippen molar-refractivity contribution in [2.75, 3.05) is 17.2 Å². The van der Waals surface area contributed by atoms with Gasteiger partial charge in [-0.15, -0.1) is 5.10 Å². The monoisotopic (exact) mass is 841 g/mol. The van der Waals surface area contributed by atoms with Crippen LogP contribution in [0, 0.1) is 0 Å². The molecule has 63 heavy (non-hydrogen) atoms. The molecule has 2 aliphatic heterocycles. The number of amides is 4. The molecule has 4 aromatic carbocycles. The van der Waals surface area contributed by atoms with Crippen LogP contribution in [0.2, 0.25) is 0 Å². The van der Waals surface area contributed by atoms with E-state index in [-0.39, 0.29) is 29.9 Å². The standard InChI is InChI=1S/C48H43N9O6/c1-48(2,3)63-47(62)32-16-18-34(19-17-32)50-43-42(51-39-26-33(23-25-56(39)43)30-8-5-4-6-9-30)31-14-12-29(13-15-31)27-55-28-35(53-54-55)22-24-49-37-11-7-10-36-41(37)46(61)57(45(36)60)38-20-21-40(58)52-44(38)59/h4-19,23,25-26,28,38,49-50H,20-22,24,27H2,1-3H3,(H,52,58,59). The van der Waals surface area contributed by atoms with Gasteiger partial charge in [0.1, 0.15) is 28.8 Å². The van der Waals surface area contributed by atoms with Crippen molar-refractivity contribution >= 4 is 52.4 Å². The molecule has 1 unspecified atom stereocenters. The Balaban J connectivity index is 0.886. The predicted octanol–water partition coefficient (Wildman–Crippen LogP) is 7.06. The first-order chi connectivity index (χ1) is 30.4. The SMILES string of the molecule is CC(C)(C)OC(=O)c1ccc(Nc2c(-c3ccc(Cn4cc(CCNc5cccc6c5C(=O)N(C5CCC(=O)NC5=O)C6=O)nn4)cc3)nc3cc(-c4ccccc4)ccn23)cc1. The van der Waals surface area contributed by atoms with E-state index in [4.69, 9.17) is 9.72 Å². The van der Waals surface area contributed by atoms with E-state index in [0.29, 0.717) is 30.8 Å². The lowest BCUT2D eigenvalue weighted by Gasteiger charge is -2.27. The summed E-state index contributed by atoms with van der Waals surface area (Å²) in [4.78, 5) is 69.6. The third-order valence-corrected chi connectivity index (χ3v) is 10.8. The van der Waals surface area contributed by atoms with Gasteiger partial charge >= 0.3 is 5.97 Å². The van der Waals surface area contributed by atoms with Crippen LogP contribution in [-0.2, 0) is 27.3 Å². The minimum atomic E-state index is -1.04. The predicted molar refractivity (Wildman–Crippen MR) is 235 cm³/mol. The van der Waals surface area contributed by atoms with Gasteiger partial charge in [-0.3, -0.25) is 33.8 Å². The number of aromatic nitrogens is 5. The molecule has 0 radical (unpaired) electrons. The largest absolute Gasteiger partial charge is 0.456 e. The zero-order chi connectivity index (χ0) is 43.8. The Morgan fingerprint density at radius 2 is 1.63 bits per heavy atom. The maximum Gasteiger partial charge on any atom is 0.338 e. The van der Waals surface area contributed by atoms with Crippen molar-refractivity contribution in [2.24, 2.45) is 0 Å². The summed E-state index contributed by atoms with van der Waals surface area (Å²) in [6, 6.07) is 33.5. The first kappa shape index (κ1) is 40.5. The molecular weight excluding hydrogens is 799 g/mol. The van der Waals surface area contributed by atoms with Crippen LogP contribution >= 0.6 is 0 Å². The molecule has 1 atom stereocenters. The summed E-state index contributed by atoms with van der Waals surface area (Å²) < 4.78 is 9.33. The number of piperidine rings is 1. The van der Waals surface area contributed by atoms with Gasteiger partial charge in [-0.2, -0.15) is 0 Å². The molecule has 0 bridgehead atoms. The molecule has 3 aromatic heterocycles. The summed E-state index contributed by atoms with van der Waals surface area (Å²) in [5, 5.41) is 17.7. The van der Waals surface area contributed by atoms with Gasteiger partial charge in [0.05, 0.1) is 28.9 Å². The fourth-order valence-electron chi connectivity index (χ4n) is 7.81. The highest BCUT2D eigenvalue weighted by Gasteiger charge is 2.45. The lowest BCUT2D eigenvalue weighted by atomic mass is 10.0. The van der Waals surface area contributed by atoms with Crippen molar-refractivity contribution in [1.29, 1.82) is 0 Å². The number of ether oxygens (including phenoxy) is 1. The summed E-state index contributed by atoms with van der Waals surface area (Å²) >= 11 is 0. The van der Waals surface area contributed by atoms with Gasteiger partial charge in [0, 0.05) is 48.7 Å². The minimum Gasteiger partial charge on any atom is -0.456 e. The van der Waals surface area contributed by atoms with Crippen LogP contribution in [0.4, 0.5) is 17.2 Å². The lowest BCUT2D eigenvalue weighted by molar-refractivity contribution is -0.136. The number of fused-ring (bicyclic) bond motifs is 2.